The number of carbonyl (C=O) groups excluding carboxylic acids is 3. The molecule has 0 saturated carbocycles. The predicted molar refractivity (Wildman–Crippen MR) is 87.8 cm³/mol. The van der Waals surface area contributed by atoms with Crippen molar-refractivity contribution >= 4 is 30.1 Å². The largest absolute Gasteiger partial charge is 0.350 e. The number of amides is 3. The van der Waals surface area contributed by atoms with Crippen molar-refractivity contribution in [3.05, 3.63) is 34.9 Å². The maximum Gasteiger partial charge on any atom is 0.262 e. The second-order valence-corrected chi connectivity index (χ2v) is 5.90. The molecular weight excluding hydrogens is 318 g/mol. The van der Waals surface area contributed by atoms with Crippen LogP contribution in [-0.4, -0.2) is 47.8 Å². The number of halogens is 1. The standard InChI is InChI=1S/C16H19N3O3.ClH/c1-9-3-4-12-13(7-9)16(22)19(15(12)21)10(2)14(20)18-11-5-6-17-8-11;/h3-4,7,10-11,17H,5-6,8H2,1-2H3,(H,18,20);1H. The molecule has 2 aliphatic rings. The highest BCUT2D eigenvalue weighted by atomic mass is 35.5. The molecule has 6 nitrogen and oxygen atoms in total. The summed E-state index contributed by atoms with van der Waals surface area (Å²) in [5, 5.41) is 6.05. The van der Waals surface area contributed by atoms with Crippen molar-refractivity contribution in [1.29, 1.82) is 0 Å². The number of hydrogen-bond donors (Lipinski definition) is 2. The van der Waals surface area contributed by atoms with Crippen molar-refractivity contribution in [2.75, 3.05) is 13.1 Å². The smallest absolute Gasteiger partial charge is 0.262 e. The molecule has 0 spiro atoms. The molecule has 0 bridgehead atoms. The van der Waals surface area contributed by atoms with Crippen LogP contribution in [0.3, 0.4) is 0 Å². The minimum Gasteiger partial charge on any atom is -0.350 e. The van der Waals surface area contributed by atoms with Crippen molar-refractivity contribution in [1.82, 2.24) is 15.5 Å². The molecule has 2 aliphatic heterocycles. The fraction of sp³-hybridized carbons (Fsp3) is 0.438. The van der Waals surface area contributed by atoms with Gasteiger partial charge in [0, 0.05) is 12.6 Å². The Morgan fingerprint density at radius 3 is 2.65 bits per heavy atom. The van der Waals surface area contributed by atoms with Crippen molar-refractivity contribution in [3.63, 3.8) is 0 Å². The van der Waals surface area contributed by atoms with Gasteiger partial charge in [-0.3, -0.25) is 19.3 Å². The van der Waals surface area contributed by atoms with E-state index in [1.807, 2.05) is 6.92 Å². The second-order valence-electron chi connectivity index (χ2n) is 5.90. The fourth-order valence-corrected chi connectivity index (χ4v) is 2.94. The van der Waals surface area contributed by atoms with E-state index in [0.717, 1.165) is 30.0 Å². The molecule has 2 atom stereocenters. The number of hydrogen-bond acceptors (Lipinski definition) is 4. The molecule has 0 aliphatic carbocycles. The van der Waals surface area contributed by atoms with E-state index in [1.165, 1.54) is 0 Å². The summed E-state index contributed by atoms with van der Waals surface area (Å²) in [6, 6.07) is 4.39. The number of imide groups is 1. The van der Waals surface area contributed by atoms with Gasteiger partial charge in [-0.2, -0.15) is 0 Å². The zero-order chi connectivity index (χ0) is 15.9. The third-order valence-electron chi connectivity index (χ3n) is 4.25. The molecule has 0 aromatic heterocycles. The van der Waals surface area contributed by atoms with Gasteiger partial charge >= 0.3 is 0 Å². The SMILES string of the molecule is Cc1ccc2c(c1)C(=O)N(C(C)C(=O)NC1CCNC1)C2=O.Cl. The first kappa shape index (κ1) is 17.4. The molecule has 2 unspecified atom stereocenters. The van der Waals surface area contributed by atoms with Gasteiger partial charge in [0.15, 0.2) is 0 Å². The normalized spacial score (nSPS) is 21.0. The molecule has 1 fully saturated rings. The Morgan fingerprint density at radius 1 is 1.30 bits per heavy atom. The van der Waals surface area contributed by atoms with Gasteiger partial charge in [-0.05, 0) is 38.9 Å². The summed E-state index contributed by atoms with van der Waals surface area (Å²) < 4.78 is 0. The number of rotatable bonds is 3. The van der Waals surface area contributed by atoms with Crippen LogP contribution in [0.4, 0.5) is 0 Å². The Hall–Kier alpha value is -1.92. The van der Waals surface area contributed by atoms with Crippen LogP contribution in [-0.2, 0) is 4.79 Å². The van der Waals surface area contributed by atoms with Gasteiger partial charge < -0.3 is 10.6 Å². The summed E-state index contributed by atoms with van der Waals surface area (Å²) in [5.74, 6) is -1.08. The van der Waals surface area contributed by atoms with Gasteiger partial charge in [0.05, 0.1) is 11.1 Å². The summed E-state index contributed by atoms with van der Waals surface area (Å²) >= 11 is 0. The lowest BCUT2D eigenvalue weighted by atomic mass is 10.1. The zero-order valence-electron chi connectivity index (χ0n) is 13.1. The second kappa shape index (κ2) is 6.68. The topological polar surface area (TPSA) is 78.5 Å². The lowest BCUT2D eigenvalue weighted by Gasteiger charge is -2.23. The van der Waals surface area contributed by atoms with Gasteiger partial charge in [0.25, 0.3) is 11.8 Å². The molecular formula is C16H20ClN3O3. The van der Waals surface area contributed by atoms with E-state index in [2.05, 4.69) is 10.6 Å². The Kier molecular flexibility index (Phi) is 5.06. The highest BCUT2D eigenvalue weighted by molar-refractivity contribution is 6.22. The number of benzene rings is 1. The lowest BCUT2D eigenvalue weighted by molar-refractivity contribution is -0.125. The Balaban J connectivity index is 0.00000192. The van der Waals surface area contributed by atoms with E-state index < -0.39 is 17.9 Å². The number of aryl methyl sites for hydroxylation is 1. The molecule has 3 amide bonds. The van der Waals surface area contributed by atoms with Crippen molar-refractivity contribution < 1.29 is 14.4 Å². The Labute approximate surface area is 141 Å². The molecule has 3 rings (SSSR count). The number of nitrogens with zero attached hydrogens (tertiary/aromatic N) is 1. The fourth-order valence-electron chi connectivity index (χ4n) is 2.94. The van der Waals surface area contributed by atoms with Crippen molar-refractivity contribution in [3.8, 4) is 0 Å². The molecule has 0 radical (unpaired) electrons. The van der Waals surface area contributed by atoms with E-state index >= 15 is 0 Å². The first-order valence-electron chi connectivity index (χ1n) is 7.48. The van der Waals surface area contributed by atoms with Crippen LogP contribution in [0.5, 0.6) is 0 Å². The van der Waals surface area contributed by atoms with Gasteiger partial charge in [-0.15, -0.1) is 12.4 Å². The van der Waals surface area contributed by atoms with E-state index in [1.54, 1.807) is 25.1 Å². The third kappa shape index (κ3) is 3.09. The molecule has 1 aromatic rings. The van der Waals surface area contributed by atoms with Crippen LogP contribution >= 0.6 is 12.4 Å². The molecule has 1 saturated heterocycles. The number of nitrogens with one attached hydrogen (secondary N) is 2. The summed E-state index contributed by atoms with van der Waals surface area (Å²) in [5.41, 5.74) is 1.67. The monoisotopic (exact) mass is 337 g/mol. The highest BCUT2D eigenvalue weighted by Gasteiger charge is 2.41. The summed E-state index contributed by atoms with van der Waals surface area (Å²) in [7, 11) is 0. The van der Waals surface area contributed by atoms with Crippen LogP contribution in [0, 0.1) is 6.92 Å². The summed E-state index contributed by atoms with van der Waals surface area (Å²) in [6.45, 7) is 5.04. The van der Waals surface area contributed by atoms with Gasteiger partial charge in [-0.1, -0.05) is 11.6 Å². The quantitative estimate of drug-likeness (QED) is 0.803. The minimum absolute atomic E-state index is 0. The van der Waals surface area contributed by atoms with Crippen molar-refractivity contribution in [2.45, 2.75) is 32.4 Å². The number of fused-ring (bicyclic) bond motifs is 1. The van der Waals surface area contributed by atoms with Crippen LogP contribution < -0.4 is 10.6 Å². The predicted octanol–water partition coefficient (Wildman–Crippen LogP) is 0.879. The van der Waals surface area contributed by atoms with E-state index in [4.69, 9.17) is 0 Å². The van der Waals surface area contributed by atoms with Crippen molar-refractivity contribution in [2.24, 2.45) is 0 Å². The van der Waals surface area contributed by atoms with Gasteiger partial charge in [-0.25, -0.2) is 0 Å². The molecule has 2 heterocycles. The molecule has 1 aromatic carbocycles. The summed E-state index contributed by atoms with van der Waals surface area (Å²) in [6.07, 6.45) is 0.861. The van der Waals surface area contributed by atoms with Gasteiger partial charge in [0.1, 0.15) is 6.04 Å². The first-order chi connectivity index (χ1) is 10.5. The van der Waals surface area contributed by atoms with Crippen LogP contribution in [0.2, 0.25) is 0 Å². The maximum atomic E-state index is 12.5. The Morgan fingerprint density at radius 2 is 2.00 bits per heavy atom. The van der Waals surface area contributed by atoms with E-state index in [0.29, 0.717) is 11.1 Å². The molecule has 2 N–H and O–H groups in total. The zero-order valence-corrected chi connectivity index (χ0v) is 13.9. The molecule has 23 heavy (non-hydrogen) atoms. The van der Waals surface area contributed by atoms with Crippen LogP contribution in [0.1, 0.15) is 39.6 Å². The highest BCUT2D eigenvalue weighted by Crippen LogP contribution is 2.25. The molecule has 124 valence electrons. The third-order valence-corrected chi connectivity index (χ3v) is 4.25. The number of carbonyl (C=O) groups is 3. The van der Waals surface area contributed by atoms with E-state index in [-0.39, 0.29) is 24.4 Å². The van der Waals surface area contributed by atoms with Crippen LogP contribution in [0.25, 0.3) is 0 Å². The van der Waals surface area contributed by atoms with Crippen LogP contribution in [0.15, 0.2) is 18.2 Å². The Bertz CT molecular complexity index is 656. The minimum atomic E-state index is -0.812. The molecule has 7 heteroatoms. The average molecular weight is 338 g/mol. The van der Waals surface area contributed by atoms with Gasteiger partial charge in [0.2, 0.25) is 5.91 Å². The lowest BCUT2D eigenvalue weighted by Crippen LogP contribution is -2.50. The maximum absolute atomic E-state index is 12.5. The summed E-state index contributed by atoms with van der Waals surface area (Å²) in [4.78, 5) is 38.2. The van der Waals surface area contributed by atoms with E-state index in [9.17, 15) is 14.4 Å². The first-order valence-corrected chi connectivity index (χ1v) is 7.48. The average Bonchev–Trinajstić information content (AvgIpc) is 3.06.